The molecule has 6 nitrogen and oxygen atoms in total. The number of anilines is 1. The average molecular weight is 383 g/mol. The summed E-state index contributed by atoms with van der Waals surface area (Å²) in [7, 11) is 0. The molecule has 0 saturated carbocycles. The van der Waals surface area contributed by atoms with Crippen molar-refractivity contribution in [2.45, 2.75) is 13.5 Å². The Morgan fingerprint density at radius 1 is 1.10 bits per heavy atom. The Hall–Kier alpha value is -3.77. The van der Waals surface area contributed by atoms with Crippen molar-refractivity contribution >= 4 is 22.6 Å². The van der Waals surface area contributed by atoms with E-state index in [1.807, 2.05) is 60.8 Å². The SMILES string of the molecule is C=C(C)C(=O)Nc1cccc(-c2nc(-c3ccc(CN)cc3)nc3[nH]ccc23)c1. The monoisotopic (exact) mass is 383 g/mol. The molecule has 4 aromatic rings. The van der Waals surface area contributed by atoms with Crippen LogP contribution in [0.1, 0.15) is 12.5 Å². The molecule has 144 valence electrons. The van der Waals surface area contributed by atoms with Crippen LogP contribution in [0.2, 0.25) is 0 Å². The molecular weight excluding hydrogens is 362 g/mol. The van der Waals surface area contributed by atoms with Crippen LogP contribution in [0, 0.1) is 0 Å². The van der Waals surface area contributed by atoms with Gasteiger partial charge in [0.05, 0.1) is 5.69 Å². The summed E-state index contributed by atoms with van der Waals surface area (Å²) in [6.45, 7) is 5.85. The van der Waals surface area contributed by atoms with Crippen LogP contribution in [-0.4, -0.2) is 20.9 Å². The van der Waals surface area contributed by atoms with Gasteiger partial charge < -0.3 is 16.0 Å². The third-order valence-corrected chi connectivity index (χ3v) is 4.65. The second-order valence-electron chi connectivity index (χ2n) is 6.85. The number of nitrogens with two attached hydrogens (primary N) is 1. The van der Waals surface area contributed by atoms with Gasteiger partial charge in [0.2, 0.25) is 0 Å². The summed E-state index contributed by atoms with van der Waals surface area (Å²) in [6, 6.07) is 17.4. The predicted molar refractivity (Wildman–Crippen MR) is 116 cm³/mol. The third-order valence-electron chi connectivity index (χ3n) is 4.65. The van der Waals surface area contributed by atoms with E-state index in [4.69, 9.17) is 10.7 Å². The summed E-state index contributed by atoms with van der Waals surface area (Å²) in [5.74, 6) is 0.409. The van der Waals surface area contributed by atoms with E-state index in [2.05, 4.69) is 21.9 Å². The lowest BCUT2D eigenvalue weighted by molar-refractivity contribution is -0.112. The number of fused-ring (bicyclic) bond motifs is 1. The highest BCUT2D eigenvalue weighted by Gasteiger charge is 2.13. The minimum atomic E-state index is -0.211. The highest BCUT2D eigenvalue weighted by Crippen LogP contribution is 2.30. The molecular formula is C23H21N5O. The summed E-state index contributed by atoms with van der Waals surface area (Å²) >= 11 is 0. The van der Waals surface area contributed by atoms with Gasteiger partial charge in [-0.1, -0.05) is 43.0 Å². The van der Waals surface area contributed by atoms with Gasteiger partial charge in [-0.25, -0.2) is 9.97 Å². The van der Waals surface area contributed by atoms with Crippen molar-refractivity contribution in [3.05, 3.63) is 78.5 Å². The zero-order valence-corrected chi connectivity index (χ0v) is 16.1. The van der Waals surface area contributed by atoms with Crippen molar-refractivity contribution in [2.24, 2.45) is 5.73 Å². The van der Waals surface area contributed by atoms with E-state index in [1.54, 1.807) is 6.92 Å². The Morgan fingerprint density at radius 2 is 1.90 bits per heavy atom. The highest BCUT2D eigenvalue weighted by molar-refractivity contribution is 6.03. The van der Waals surface area contributed by atoms with E-state index in [-0.39, 0.29) is 5.91 Å². The summed E-state index contributed by atoms with van der Waals surface area (Å²) in [5, 5.41) is 3.76. The molecule has 0 radical (unpaired) electrons. The van der Waals surface area contributed by atoms with Crippen LogP contribution in [0.5, 0.6) is 0 Å². The van der Waals surface area contributed by atoms with Crippen molar-refractivity contribution in [2.75, 3.05) is 5.32 Å². The van der Waals surface area contributed by atoms with Gasteiger partial charge in [0.15, 0.2) is 5.82 Å². The number of nitrogens with one attached hydrogen (secondary N) is 2. The predicted octanol–water partition coefficient (Wildman–Crippen LogP) is 4.27. The van der Waals surface area contributed by atoms with Gasteiger partial charge in [-0.2, -0.15) is 0 Å². The lowest BCUT2D eigenvalue weighted by atomic mass is 10.1. The largest absolute Gasteiger partial charge is 0.346 e. The summed E-state index contributed by atoms with van der Waals surface area (Å²) in [5.41, 5.74) is 11.2. The van der Waals surface area contributed by atoms with Crippen LogP contribution in [0.4, 0.5) is 5.69 Å². The van der Waals surface area contributed by atoms with Gasteiger partial charge in [-0.3, -0.25) is 4.79 Å². The Morgan fingerprint density at radius 3 is 2.62 bits per heavy atom. The number of aromatic amines is 1. The summed E-state index contributed by atoms with van der Waals surface area (Å²) < 4.78 is 0. The summed E-state index contributed by atoms with van der Waals surface area (Å²) in [6.07, 6.45) is 1.84. The minimum absolute atomic E-state index is 0.211. The van der Waals surface area contributed by atoms with E-state index in [9.17, 15) is 4.79 Å². The average Bonchev–Trinajstić information content (AvgIpc) is 3.22. The number of aromatic nitrogens is 3. The molecule has 0 fully saturated rings. The van der Waals surface area contributed by atoms with Crippen LogP contribution >= 0.6 is 0 Å². The van der Waals surface area contributed by atoms with E-state index in [1.165, 1.54) is 0 Å². The molecule has 0 aliphatic rings. The normalized spacial score (nSPS) is 10.8. The van der Waals surface area contributed by atoms with Gasteiger partial charge in [0.25, 0.3) is 5.91 Å². The second-order valence-corrected chi connectivity index (χ2v) is 6.85. The van der Waals surface area contributed by atoms with E-state index < -0.39 is 0 Å². The first kappa shape index (κ1) is 18.6. The topological polar surface area (TPSA) is 96.7 Å². The minimum Gasteiger partial charge on any atom is -0.346 e. The molecule has 2 heterocycles. The molecule has 2 aromatic carbocycles. The van der Waals surface area contributed by atoms with Crippen LogP contribution < -0.4 is 11.1 Å². The van der Waals surface area contributed by atoms with Crippen molar-refractivity contribution in [1.29, 1.82) is 0 Å². The lowest BCUT2D eigenvalue weighted by Crippen LogP contribution is -2.11. The fourth-order valence-corrected chi connectivity index (χ4v) is 3.06. The maximum atomic E-state index is 12.0. The Kier molecular flexibility index (Phi) is 4.93. The molecule has 1 amide bonds. The smallest absolute Gasteiger partial charge is 0.250 e. The maximum absolute atomic E-state index is 12.0. The summed E-state index contributed by atoms with van der Waals surface area (Å²) in [4.78, 5) is 24.6. The quantitative estimate of drug-likeness (QED) is 0.449. The van der Waals surface area contributed by atoms with Gasteiger partial charge in [-0.15, -0.1) is 0 Å². The number of H-pyrrole nitrogens is 1. The van der Waals surface area contributed by atoms with Crippen LogP contribution in [-0.2, 0) is 11.3 Å². The van der Waals surface area contributed by atoms with Crippen LogP contribution in [0.15, 0.2) is 72.9 Å². The van der Waals surface area contributed by atoms with Crippen LogP contribution in [0.3, 0.4) is 0 Å². The van der Waals surface area contributed by atoms with Crippen molar-refractivity contribution in [3.63, 3.8) is 0 Å². The van der Waals surface area contributed by atoms with Gasteiger partial charge in [0, 0.05) is 40.5 Å². The number of amides is 1. The molecule has 0 saturated heterocycles. The van der Waals surface area contributed by atoms with Crippen molar-refractivity contribution in [3.8, 4) is 22.6 Å². The molecule has 0 unspecified atom stereocenters. The van der Waals surface area contributed by atoms with E-state index in [0.29, 0.717) is 23.6 Å². The first-order valence-corrected chi connectivity index (χ1v) is 9.27. The molecule has 0 aliphatic heterocycles. The molecule has 2 aromatic heterocycles. The molecule has 0 bridgehead atoms. The number of benzene rings is 2. The van der Waals surface area contributed by atoms with Crippen molar-refractivity contribution < 1.29 is 4.79 Å². The lowest BCUT2D eigenvalue weighted by Gasteiger charge is -2.10. The number of rotatable bonds is 5. The zero-order valence-electron chi connectivity index (χ0n) is 16.1. The number of hydrogen-bond donors (Lipinski definition) is 3. The Labute approximate surface area is 168 Å². The molecule has 4 N–H and O–H groups in total. The van der Waals surface area contributed by atoms with Gasteiger partial charge in [0.1, 0.15) is 5.65 Å². The van der Waals surface area contributed by atoms with Gasteiger partial charge in [-0.05, 0) is 30.7 Å². The first-order valence-electron chi connectivity index (χ1n) is 9.27. The van der Waals surface area contributed by atoms with Crippen molar-refractivity contribution in [1.82, 2.24) is 15.0 Å². The molecule has 4 rings (SSSR count). The number of carbonyl (C=O) groups excluding carboxylic acids is 1. The highest BCUT2D eigenvalue weighted by atomic mass is 16.1. The molecule has 6 heteroatoms. The molecule has 29 heavy (non-hydrogen) atoms. The Bertz CT molecular complexity index is 1210. The zero-order chi connectivity index (χ0) is 20.4. The third kappa shape index (κ3) is 3.79. The van der Waals surface area contributed by atoms with E-state index in [0.717, 1.165) is 33.4 Å². The second kappa shape index (κ2) is 7.69. The number of carbonyl (C=O) groups is 1. The fourth-order valence-electron chi connectivity index (χ4n) is 3.06. The fraction of sp³-hybridized carbons (Fsp3) is 0.0870. The molecule has 0 aliphatic carbocycles. The standard InChI is InChI=1S/C23H21N5O/c1-14(2)23(29)26-18-5-3-4-17(12-18)20-19-10-11-25-22(19)28-21(27-20)16-8-6-15(13-24)7-9-16/h3-12H,1,13,24H2,2H3,(H,26,29)(H,25,27,28). The molecule has 0 atom stereocenters. The van der Waals surface area contributed by atoms with Gasteiger partial charge >= 0.3 is 0 Å². The van der Waals surface area contributed by atoms with E-state index >= 15 is 0 Å². The Balaban J connectivity index is 1.80. The number of hydrogen-bond acceptors (Lipinski definition) is 4. The maximum Gasteiger partial charge on any atom is 0.250 e. The van der Waals surface area contributed by atoms with Crippen LogP contribution in [0.25, 0.3) is 33.7 Å². The number of nitrogens with zero attached hydrogens (tertiary/aromatic N) is 2. The molecule has 0 spiro atoms. The first-order chi connectivity index (χ1) is 14.0.